The van der Waals surface area contributed by atoms with Gasteiger partial charge in [0, 0.05) is 6.42 Å². The zero-order chi connectivity index (χ0) is 62.8. The van der Waals surface area contributed by atoms with Crippen LogP contribution in [0.4, 0.5) is 0 Å². The molecular formula is C78H151NO8. The van der Waals surface area contributed by atoms with Crippen molar-refractivity contribution in [1.29, 1.82) is 0 Å². The molecule has 9 heteroatoms. The molecule has 0 saturated carbocycles. The predicted octanol–water partition coefficient (Wildman–Crippen LogP) is 22.0. The standard InChI is InChI=1S/C78H151NO8/c1-3-5-7-9-11-13-15-17-19-21-23-25-27-29-31-33-35-37-39-41-43-45-47-49-51-53-55-57-59-61-63-65-67-72(81)71(70-86-78-77(85)76(84)75(83)73(69-80)87-78)79-74(82)68-66-64-62-60-58-56-54-52-50-48-46-44-42-40-38-36-34-32-30-28-26-24-22-20-18-16-14-12-10-8-6-4-2/h57,59,65,67,71-73,75-78,80-81,83-85H,3-56,58,60-64,66,68-70H2,1-2H3,(H,79,82)/b59-57+,67-65+. The van der Waals surface area contributed by atoms with Crippen LogP contribution < -0.4 is 5.32 Å². The van der Waals surface area contributed by atoms with Crippen LogP contribution in [0.1, 0.15) is 412 Å². The van der Waals surface area contributed by atoms with Crippen molar-refractivity contribution < 1.29 is 39.8 Å². The fourth-order valence-corrected chi connectivity index (χ4v) is 12.9. The average molecular weight is 1230 g/mol. The Hall–Kier alpha value is -1.33. The quantitative estimate of drug-likeness (QED) is 0.0261. The lowest BCUT2D eigenvalue weighted by molar-refractivity contribution is -0.302. The summed E-state index contributed by atoms with van der Waals surface area (Å²) in [5.74, 6) is -0.176. The van der Waals surface area contributed by atoms with Crippen molar-refractivity contribution in [3.63, 3.8) is 0 Å². The van der Waals surface area contributed by atoms with Crippen molar-refractivity contribution in [3.8, 4) is 0 Å². The number of aliphatic hydroxyl groups excluding tert-OH is 5. The van der Waals surface area contributed by atoms with E-state index in [0.717, 1.165) is 38.5 Å². The van der Waals surface area contributed by atoms with Crippen LogP contribution in [0.3, 0.4) is 0 Å². The van der Waals surface area contributed by atoms with Gasteiger partial charge in [0.2, 0.25) is 5.91 Å². The maximum absolute atomic E-state index is 13.2. The molecule has 0 radical (unpaired) electrons. The van der Waals surface area contributed by atoms with Crippen LogP contribution in [0.25, 0.3) is 0 Å². The molecule has 1 heterocycles. The minimum Gasteiger partial charge on any atom is -0.394 e. The third-order valence-corrected chi connectivity index (χ3v) is 19.0. The highest BCUT2D eigenvalue weighted by Crippen LogP contribution is 2.24. The number of hydrogen-bond acceptors (Lipinski definition) is 8. The first-order valence-corrected chi connectivity index (χ1v) is 39.1. The van der Waals surface area contributed by atoms with Gasteiger partial charge in [-0.2, -0.15) is 0 Å². The van der Waals surface area contributed by atoms with E-state index >= 15 is 0 Å². The zero-order valence-corrected chi connectivity index (χ0v) is 58.1. The number of hydrogen-bond donors (Lipinski definition) is 6. The molecule has 0 aliphatic carbocycles. The maximum Gasteiger partial charge on any atom is 0.220 e. The summed E-state index contributed by atoms with van der Waals surface area (Å²) >= 11 is 0. The Kier molecular flexibility index (Phi) is 65.0. The van der Waals surface area contributed by atoms with Gasteiger partial charge in [0.25, 0.3) is 0 Å². The van der Waals surface area contributed by atoms with Crippen LogP contribution in [0, 0.1) is 0 Å². The number of ether oxygens (including phenoxy) is 2. The van der Waals surface area contributed by atoms with E-state index in [1.807, 2.05) is 6.08 Å². The zero-order valence-electron chi connectivity index (χ0n) is 58.1. The number of aliphatic hydroxyl groups is 5. The van der Waals surface area contributed by atoms with Crippen molar-refractivity contribution in [3.05, 3.63) is 24.3 Å². The fraction of sp³-hybridized carbons (Fsp3) is 0.936. The number of amides is 1. The highest BCUT2D eigenvalue weighted by Gasteiger charge is 2.44. The molecule has 1 rings (SSSR count). The summed E-state index contributed by atoms with van der Waals surface area (Å²) in [6.45, 7) is 3.84. The van der Waals surface area contributed by atoms with Gasteiger partial charge in [-0.05, 0) is 32.1 Å². The van der Waals surface area contributed by atoms with Gasteiger partial charge in [0.15, 0.2) is 6.29 Å². The Morgan fingerprint density at radius 1 is 0.379 bits per heavy atom. The summed E-state index contributed by atoms with van der Waals surface area (Å²) in [5.41, 5.74) is 0. The predicted molar refractivity (Wildman–Crippen MR) is 374 cm³/mol. The normalized spacial score (nSPS) is 18.0. The minimum absolute atomic E-state index is 0.176. The van der Waals surface area contributed by atoms with Crippen LogP contribution in [-0.4, -0.2) is 87.5 Å². The van der Waals surface area contributed by atoms with Crippen LogP contribution in [0.2, 0.25) is 0 Å². The second-order valence-corrected chi connectivity index (χ2v) is 27.5. The summed E-state index contributed by atoms with van der Waals surface area (Å²) in [6, 6.07) is -0.821. The summed E-state index contributed by atoms with van der Waals surface area (Å²) in [6.07, 6.45) is 83.3. The van der Waals surface area contributed by atoms with Gasteiger partial charge in [-0.25, -0.2) is 0 Å². The fourth-order valence-electron chi connectivity index (χ4n) is 12.9. The van der Waals surface area contributed by atoms with Crippen LogP contribution in [0.15, 0.2) is 24.3 Å². The molecule has 6 N–H and O–H groups in total. The van der Waals surface area contributed by atoms with Gasteiger partial charge in [-0.1, -0.05) is 398 Å². The molecule has 516 valence electrons. The van der Waals surface area contributed by atoms with E-state index in [9.17, 15) is 30.3 Å². The molecule has 1 amide bonds. The topological polar surface area (TPSA) is 149 Å². The van der Waals surface area contributed by atoms with Crippen molar-refractivity contribution in [2.45, 2.75) is 455 Å². The highest BCUT2D eigenvalue weighted by molar-refractivity contribution is 5.76. The van der Waals surface area contributed by atoms with Crippen molar-refractivity contribution in [1.82, 2.24) is 5.32 Å². The Morgan fingerprint density at radius 2 is 0.655 bits per heavy atom. The molecule has 0 aromatic carbocycles. The lowest BCUT2D eigenvalue weighted by Gasteiger charge is -2.40. The van der Waals surface area contributed by atoms with Crippen LogP contribution >= 0.6 is 0 Å². The molecule has 1 aliphatic rings. The molecule has 1 aliphatic heterocycles. The van der Waals surface area contributed by atoms with E-state index in [0.29, 0.717) is 6.42 Å². The summed E-state index contributed by atoms with van der Waals surface area (Å²) in [5, 5.41) is 54.9. The van der Waals surface area contributed by atoms with Gasteiger partial charge in [0.05, 0.1) is 25.4 Å². The summed E-state index contributed by atoms with van der Waals surface area (Å²) < 4.78 is 11.3. The van der Waals surface area contributed by atoms with E-state index < -0.39 is 49.5 Å². The van der Waals surface area contributed by atoms with Gasteiger partial charge in [0.1, 0.15) is 24.4 Å². The van der Waals surface area contributed by atoms with Gasteiger partial charge in [-0.15, -0.1) is 0 Å². The number of unbranched alkanes of at least 4 members (excludes halogenated alkanes) is 58. The Labute approximate surface area is 540 Å². The van der Waals surface area contributed by atoms with Crippen molar-refractivity contribution in [2.75, 3.05) is 13.2 Å². The van der Waals surface area contributed by atoms with E-state index in [1.165, 1.54) is 353 Å². The molecule has 1 saturated heterocycles. The van der Waals surface area contributed by atoms with Crippen LogP contribution in [-0.2, 0) is 14.3 Å². The number of nitrogens with one attached hydrogen (secondary N) is 1. The van der Waals surface area contributed by atoms with Crippen LogP contribution in [0.5, 0.6) is 0 Å². The molecule has 87 heavy (non-hydrogen) atoms. The number of carbonyl (C=O) groups excluding carboxylic acids is 1. The molecule has 0 bridgehead atoms. The summed E-state index contributed by atoms with van der Waals surface area (Å²) in [4.78, 5) is 13.2. The van der Waals surface area contributed by atoms with E-state index in [-0.39, 0.29) is 12.5 Å². The Bertz CT molecular complexity index is 1430. The van der Waals surface area contributed by atoms with E-state index in [1.54, 1.807) is 6.08 Å². The summed E-state index contributed by atoms with van der Waals surface area (Å²) in [7, 11) is 0. The molecule has 7 unspecified atom stereocenters. The molecule has 1 fully saturated rings. The molecule has 9 nitrogen and oxygen atoms in total. The number of rotatable bonds is 70. The van der Waals surface area contributed by atoms with Crippen molar-refractivity contribution >= 4 is 5.91 Å². The molecular weight excluding hydrogens is 1080 g/mol. The first-order valence-electron chi connectivity index (χ1n) is 39.1. The second kappa shape index (κ2) is 67.6. The third-order valence-electron chi connectivity index (χ3n) is 19.0. The van der Waals surface area contributed by atoms with Crippen molar-refractivity contribution in [2.24, 2.45) is 0 Å². The lowest BCUT2D eigenvalue weighted by Crippen LogP contribution is -2.60. The molecule has 0 spiro atoms. The number of carbonyl (C=O) groups is 1. The number of allylic oxidation sites excluding steroid dienone is 3. The second-order valence-electron chi connectivity index (χ2n) is 27.5. The van der Waals surface area contributed by atoms with Gasteiger partial charge >= 0.3 is 0 Å². The lowest BCUT2D eigenvalue weighted by atomic mass is 9.99. The third kappa shape index (κ3) is 56.0. The maximum atomic E-state index is 13.2. The van der Waals surface area contributed by atoms with Gasteiger partial charge in [-0.3, -0.25) is 4.79 Å². The largest absolute Gasteiger partial charge is 0.394 e. The molecule has 0 aromatic rings. The Balaban J connectivity index is 2.09. The highest BCUT2D eigenvalue weighted by atomic mass is 16.7. The van der Waals surface area contributed by atoms with E-state index in [4.69, 9.17) is 9.47 Å². The monoisotopic (exact) mass is 1230 g/mol. The minimum atomic E-state index is -1.57. The van der Waals surface area contributed by atoms with E-state index in [2.05, 4.69) is 31.3 Å². The molecule has 7 atom stereocenters. The first-order chi connectivity index (χ1) is 42.8. The average Bonchev–Trinajstić information content (AvgIpc) is 3.41. The Morgan fingerprint density at radius 3 is 0.966 bits per heavy atom. The van der Waals surface area contributed by atoms with Gasteiger partial charge < -0.3 is 40.3 Å². The first kappa shape index (κ1) is 83.7. The SMILES string of the molecule is CCCCCCCCCCCCCCCCCCCCCCCCCCCC/C=C/CC/C=C/C(O)C(COC1OC(CO)C(O)C(O)C1O)NC(=O)CCCCCCCCCCCCCCCCCCCCCCCCCCCCCCCCCC. The molecule has 0 aromatic heterocycles. The smallest absolute Gasteiger partial charge is 0.220 e.